The first-order valence-electron chi connectivity index (χ1n) is 6.72. The van der Waals surface area contributed by atoms with Gasteiger partial charge in [0.15, 0.2) is 0 Å². The molecule has 0 heterocycles. The fraction of sp³-hybridized carbons (Fsp3) is 0.500. The molecule has 1 atom stereocenters. The zero-order chi connectivity index (χ0) is 13.4. The van der Waals surface area contributed by atoms with Gasteiger partial charge in [0.05, 0.1) is 6.10 Å². The molecule has 1 aromatic carbocycles. The van der Waals surface area contributed by atoms with Gasteiger partial charge in [-0.2, -0.15) is 0 Å². The highest BCUT2D eigenvalue weighted by molar-refractivity contribution is 5.30. The molecule has 0 amide bonds. The molecular weight excluding hydrogens is 222 g/mol. The van der Waals surface area contributed by atoms with Gasteiger partial charge in [-0.05, 0) is 57.9 Å². The average Bonchev–Trinajstić information content (AvgIpc) is 2.34. The molecule has 0 fully saturated rings. The van der Waals surface area contributed by atoms with E-state index >= 15 is 0 Å². The van der Waals surface area contributed by atoms with E-state index in [1.165, 1.54) is 5.56 Å². The fourth-order valence-corrected chi connectivity index (χ4v) is 2.02. The molecule has 1 rings (SSSR count). The van der Waals surface area contributed by atoms with Gasteiger partial charge in [0.1, 0.15) is 5.75 Å². The molecule has 0 spiro atoms. The molecule has 0 bridgehead atoms. The lowest BCUT2D eigenvalue weighted by molar-refractivity contribution is 0.242. The number of ether oxygens (including phenoxy) is 1. The van der Waals surface area contributed by atoms with Crippen LogP contribution in [0.15, 0.2) is 36.9 Å². The topological polar surface area (TPSA) is 21.3 Å². The molecule has 0 aromatic heterocycles. The van der Waals surface area contributed by atoms with Crippen LogP contribution < -0.4 is 10.1 Å². The summed E-state index contributed by atoms with van der Waals surface area (Å²) in [7, 11) is 2.01. The maximum Gasteiger partial charge on any atom is 0.120 e. The number of nitrogens with one attached hydrogen (secondary N) is 1. The molecule has 0 saturated heterocycles. The Morgan fingerprint density at radius 2 is 2.17 bits per heavy atom. The largest absolute Gasteiger partial charge is 0.491 e. The molecule has 1 unspecified atom stereocenters. The SMILES string of the molecule is C=CCCCC(NC)c1cccc(OC(C)C)c1. The maximum absolute atomic E-state index is 5.73. The van der Waals surface area contributed by atoms with Crippen LogP contribution in [0.3, 0.4) is 0 Å². The molecular formula is C16H25NO. The molecule has 0 radical (unpaired) electrons. The maximum atomic E-state index is 5.73. The molecule has 1 aromatic rings. The summed E-state index contributed by atoms with van der Waals surface area (Å²) in [5.41, 5.74) is 1.29. The lowest BCUT2D eigenvalue weighted by atomic mass is 10.0. The fourth-order valence-electron chi connectivity index (χ4n) is 2.02. The summed E-state index contributed by atoms with van der Waals surface area (Å²) in [4.78, 5) is 0. The summed E-state index contributed by atoms with van der Waals surface area (Å²) in [6.07, 6.45) is 5.54. The predicted molar refractivity (Wildman–Crippen MR) is 78.1 cm³/mol. The predicted octanol–water partition coefficient (Wildman–Crippen LogP) is 4.09. The van der Waals surface area contributed by atoms with E-state index in [2.05, 4.69) is 30.1 Å². The van der Waals surface area contributed by atoms with E-state index in [1.807, 2.05) is 33.0 Å². The number of rotatable bonds is 8. The summed E-state index contributed by atoms with van der Waals surface area (Å²) in [6, 6.07) is 8.75. The van der Waals surface area contributed by atoms with Crippen LogP contribution in [-0.2, 0) is 0 Å². The highest BCUT2D eigenvalue weighted by atomic mass is 16.5. The van der Waals surface area contributed by atoms with Gasteiger partial charge in [0.2, 0.25) is 0 Å². The average molecular weight is 247 g/mol. The van der Waals surface area contributed by atoms with Gasteiger partial charge in [0.25, 0.3) is 0 Å². The van der Waals surface area contributed by atoms with E-state index in [-0.39, 0.29) is 6.10 Å². The smallest absolute Gasteiger partial charge is 0.120 e. The van der Waals surface area contributed by atoms with Crippen molar-refractivity contribution in [3.8, 4) is 5.75 Å². The van der Waals surface area contributed by atoms with Crippen LogP contribution in [0, 0.1) is 0 Å². The molecule has 1 N–H and O–H groups in total. The Morgan fingerprint density at radius 3 is 2.78 bits per heavy atom. The molecule has 0 aliphatic carbocycles. The first-order valence-corrected chi connectivity index (χ1v) is 6.72. The van der Waals surface area contributed by atoms with Crippen molar-refractivity contribution in [2.45, 2.75) is 45.3 Å². The van der Waals surface area contributed by atoms with Crippen LogP contribution in [0.25, 0.3) is 0 Å². The van der Waals surface area contributed by atoms with Crippen LogP contribution in [-0.4, -0.2) is 13.2 Å². The van der Waals surface area contributed by atoms with Gasteiger partial charge in [0, 0.05) is 6.04 Å². The Bertz CT molecular complexity index is 360. The van der Waals surface area contributed by atoms with Crippen molar-refractivity contribution >= 4 is 0 Å². The monoisotopic (exact) mass is 247 g/mol. The summed E-state index contributed by atoms with van der Waals surface area (Å²) < 4.78 is 5.73. The molecule has 2 heteroatoms. The van der Waals surface area contributed by atoms with Crippen molar-refractivity contribution < 1.29 is 4.74 Å². The zero-order valence-corrected chi connectivity index (χ0v) is 11.8. The van der Waals surface area contributed by atoms with Crippen LogP contribution in [0.1, 0.15) is 44.7 Å². The van der Waals surface area contributed by atoms with Crippen molar-refractivity contribution in [3.05, 3.63) is 42.5 Å². The highest BCUT2D eigenvalue weighted by Crippen LogP contribution is 2.23. The summed E-state index contributed by atoms with van der Waals surface area (Å²) in [6.45, 7) is 7.86. The lowest BCUT2D eigenvalue weighted by Crippen LogP contribution is -2.16. The van der Waals surface area contributed by atoms with E-state index in [4.69, 9.17) is 4.74 Å². The van der Waals surface area contributed by atoms with Gasteiger partial charge >= 0.3 is 0 Å². The van der Waals surface area contributed by atoms with Crippen molar-refractivity contribution in [3.63, 3.8) is 0 Å². The second-order valence-corrected chi connectivity index (χ2v) is 4.80. The summed E-state index contributed by atoms with van der Waals surface area (Å²) in [5.74, 6) is 0.950. The van der Waals surface area contributed by atoms with Gasteiger partial charge in [-0.3, -0.25) is 0 Å². The standard InChI is InChI=1S/C16H25NO/c1-5-6-7-11-16(17-4)14-9-8-10-15(12-14)18-13(2)3/h5,8-10,12-13,16-17H,1,6-7,11H2,2-4H3. The minimum atomic E-state index is 0.217. The summed E-state index contributed by atoms with van der Waals surface area (Å²) in [5, 5.41) is 3.37. The molecule has 2 nitrogen and oxygen atoms in total. The van der Waals surface area contributed by atoms with Crippen molar-refractivity contribution in [1.29, 1.82) is 0 Å². The molecule has 100 valence electrons. The van der Waals surface area contributed by atoms with E-state index in [0.717, 1.165) is 25.0 Å². The normalized spacial score (nSPS) is 12.4. The number of allylic oxidation sites excluding steroid dienone is 1. The van der Waals surface area contributed by atoms with Crippen LogP contribution in [0.5, 0.6) is 5.75 Å². The van der Waals surface area contributed by atoms with E-state index in [1.54, 1.807) is 0 Å². The molecule has 18 heavy (non-hydrogen) atoms. The Hall–Kier alpha value is -1.28. The van der Waals surface area contributed by atoms with Gasteiger partial charge in [-0.1, -0.05) is 18.2 Å². The minimum absolute atomic E-state index is 0.217. The van der Waals surface area contributed by atoms with Gasteiger partial charge in [-0.25, -0.2) is 0 Å². The van der Waals surface area contributed by atoms with Crippen LogP contribution >= 0.6 is 0 Å². The third kappa shape index (κ3) is 4.92. The van der Waals surface area contributed by atoms with E-state index < -0.39 is 0 Å². The van der Waals surface area contributed by atoms with Gasteiger partial charge < -0.3 is 10.1 Å². The lowest BCUT2D eigenvalue weighted by Gasteiger charge is -2.18. The second-order valence-electron chi connectivity index (χ2n) is 4.80. The van der Waals surface area contributed by atoms with E-state index in [0.29, 0.717) is 6.04 Å². The third-order valence-corrected chi connectivity index (χ3v) is 2.88. The minimum Gasteiger partial charge on any atom is -0.491 e. The summed E-state index contributed by atoms with van der Waals surface area (Å²) >= 11 is 0. The Kier molecular flexibility index (Phi) is 6.51. The first kappa shape index (κ1) is 14.8. The molecule has 0 aliphatic heterocycles. The first-order chi connectivity index (χ1) is 8.67. The number of unbranched alkanes of at least 4 members (excludes halogenated alkanes) is 1. The van der Waals surface area contributed by atoms with Crippen molar-refractivity contribution in [2.24, 2.45) is 0 Å². The number of hydrogen-bond acceptors (Lipinski definition) is 2. The highest BCUT2D eigenvalue weighted by Gasteiger charge is 2.09. The quantitative estimate of drug-likeness (QED) is 0.552. The molecule has 0 aliphatic rings. The van der Waals surface area contributed by atoms with Gasteiger partial charge in [-0.15, -0.1) is 6.58 Å². The van der Waals surface area contributed by atoms with Crippen molar-refractivity contribution in [2.75, 3.05) is 7.05 Å². The third-order valence-electron chi connectivity index (χ3n) is 2.88. The number of benzene rings is 1. The number of hydrogen-bond donors (Lipinski definition) is 1. The second kappa shape index (κ2) is 7.93. The van der Waals surface area contributed by atoms with E-state index in [9.17, 15) is 0 Å². The Morgan fingerprint density at radius 1 is 1.39 bits per heavy atom. The van der Waals surface area contributed by atoms with Crippen molar-refractivity contribution in [1.82, 2.24) is 5.32 Å². The zero-order valence-electron chi connectivity index (χ0n) is 11.8. The molecule has 0 saturated carbocycles. The van der Waals surface area contributed by atoms with Crippen LogP contribution in [0.2, 0.25) is 0 Å². The Balaban J connectivity index is 2.69. The Labute approximate surface area is 111 Å². The van der Waals surface area contributed by atoms with Crippen LogP contribution in [0.4, 0.5) is 0 Å².